The average Bonchev–Trinajstić information content (AvgIpc) is 2.93. The lowest BCUT2D eigenvalue weighted by Gasteiger charge is -2.11. The third-order valence-electron chi connectivity index (χ3n) is 2.53. The van der Waals surface area contributed by atoms with Crippen molar-refractivity contribution in [3.8, 4) is 0 Å². The molecule has 0 aliphatic heterocycles. The van der Waals surface area contributed by atoms with E-state index in [9.17, 15) is 0 Å². The highest BCUT2D eigenvalue weighted by molar-refractivity contribution is 9.13. The Bertz CT molecular complexity index is 337. The predicted octanol–water partition coefficient (Wildman–Crippen LogP) is 3.41. The standard InChI is InChI=1S/C10H12Br2N2/c11-8-4-7(5-14-10(8)12)9(13)3-6-1-2-6/h4-6,9H,1-3,13H2/t9-/m1/s1. The molecule has 0 aromatic carbocycles. The van der Waals surface area contributed by atoms with Crippen molar-refractivity contribution in [2.45, 2.75) is 25.3 Å². The van der Waals surface area contributed by atoms with Crippen LogP contribution in [0.4, 0.5) is 0 Å². The number of rotatable bonds is 3. The highest BCUT2D eigenvalue weighted by atomic mass is 79.9. The number of hydrogen-bond donors (Lipinski definition) is 1. The summed E-state index contributed by atoms with van der Waals surface area (Å²) in [6, 6.07) is 2.18. The van der Waals surface area contributed by atoms with Crippen LogP contribution in [-0.4, -0.2) is 4.98 Å². The van der Waals surface area contributed by atoms with Gasteiger partial charge in [0, 0.05) is 12.2 Å². The van der Waals surface area contributed by atoms with Gasteiger partial charge in [-0.1, -0.05) is 12.8 Å². The van der Waals surface area contributed by atoms with Crippen LogP contribution in [-0.2, 0) is 0 Å². The van der Waals surface area contributed by atoms with Gasteiger partial charge in [0.05, 0.1) is 4.47 Å². The summed E-state index contributed by atoms with van der Waals surface area (Å²) in [5.41, 5.74) is 7.20. The van der Waals surface area contributed by atoms with E-state index in [-0.39, 0.29) is 6.04 Å². The van der Waals surface area contributed by atoms with Crippen LogP contribution in [0.15, 0.2) is 21.3 Å². The molecule has 0 saturated heterocycles. The van der Waals surface area contributed by atoms with Gasteiger partial charge in [-0.2, -0.15) is 0 Å². The quantitative estimate of drug-likeness (QED) is 0.867. The zero-order chi connectivity index (χ0) is 10.1. The molecule has 14 heavy (non-hydrogen) atoms. The summed E-state index contributed by atoms with van der Waals surface area (Å²) < 4.78 is 1.81. The van der Waals surface area contributed by atoms with Gasteiger partial charge in [0.15, 0.2) is 0 Å². The van der Waals surface area contributed by atoms with Gasteiger partial charge in [-0.15, -0.1) is 0 Å². The maximum atomic E-state index is 6.08. The number of nitrogens with zero attached hydrogens (tertiary/aromatic N) is 1. The lowest BCUT2D eigenvalue weighted by atomic mass is 10.0. The summed E-state index contributed by atoms with van der Waals surface area (Å²) in [5.74, 6) is 0.854. The Morgan fingerprint density at radius 2 is 2.21 bits per heavy atom. The molecule has 0 unspecified atom stereocenters. The van der Waals surface area contributed by atoms with Crippen molar-refractivity contribution in [1.29, 1.82) is 0 Å². The van der Waals surface area contributed by atoms with Crippen molar-refractivity contribution in [2.24, 2.45) is 11.7 Å². The molecule has 4 heteroatoms. The highest BCUT2D eigenvalue weighted by Gasteiger charge is 2.24. The van der Waals surface area contributed by atoms with Gasteiger partial charge in [0.25, 0.3) is 0 Å². The maximum absolute atomic E-state index is 6.08. The first kappa shape index (κ1) is 10.6. The monoisotopic (exact) mass is 318 g/mol. The lowest BCUT2D eigenvalue weighted by Crippen LogP contribution is -2.11. The molecule has 2 nitrogen and oxygen atoms in total. The topological polar surface area (TPSA) is 38.9 Å². The minimum Gasteiger partial charge on any atom is -0.324 e. The summed E-state index contributed by atoms with van der Waals surface area (Å²) in [6.07, 6.45) is 5.63. The SMILES string of the molecule is N[C@H](CC1CC1)c1cnc(Br)c(Br)c1. The Morgan fingerprint density at radius 3 is 2.79 bits per heavy atom. The zero-order valence-electron chi connectivity index (χ0n) is 7.71. The Morgan fingerprint density at radius 1 is 1.50 bits per heavy atom. The first-order valence-corrected chi connectivity index (χ1v) is 6.32. The second kappa shape index (κ2) is 4.29. The van der Waals surface area contributed by atoms with Gasteiger partial charge in [0.1, 0.15) is 4.60 Å². The molecule has 2 rings (SSSR count). The van der Waals surface area contributed by atoms with Crippen LogP contribution in [0, 0.1) is 5.92 Å². The molecule has 0 bridgehead atoms. The molecule has 2 N–H and O–H groups in total. The smallest absolute Gasteiger partial charge is 0.120 e. The van der Waals surface area contributed by atoms with E-state index in [0.717, 1.165) is 27.0 Å². The fourth-order valence-corrected chi connectivity index (χ4v) is 2.07. The largest absolute Gasteiger partial charge is 0.324 e. The minimum absolute atomic E-state index is 0.138. The molecule has 76 valence electrons. The number of hydrogen-bond acceptors (Lipinski definition) is 2. The molecule has 1 aromatic rings. The van der Waals surface area contributed by atoms with E-state index in [1.807, 2.05) is 12.3 Å². The molecular formula is C10H12Br2N2. The molecule has 0 amide bonds. The van der Waals surface area contributed by atoms with Crippen molar-refractivity contribution in [2.75, 3.05) is 0 Å². The molecule has 1 aliphatic rings. The second-order valence-corrected chi connectivity index (χ2v) is 5.43. The highest BCUT2D eigenvalue weighted by Crippen LogP contribution is 2.37. The molecule has 0 radical (unpaired) electrons. The lowest BCUT2D eigenvalue weighted by molar-refractivity contribution is 0.595. The van der Waals surface area contributed by atoms with Crippen molar-refractivity contribution < 1.29 is 0 Å². The van der Waals surface area contributed by atoms with Gasteiger partial charge in [-0.3, -0.25) is 0 Å². The van der Waals surface area contributed by atoms with E-state index >= 15 is 0 Å². The van der Waals surface area contributed by atoms with Crippen LogP contribution in [0.5, 0.6) is 0 Å². The van der Waals surface area contributed by atoms with E-state index in [2.05, 4.69) is 36.8 Å². The summed E-state index contributed by atoms with van der Waals surface area (Å²) in [4.78, 5) is 4.22. The van der Waals surface area contributed by atoms with E-state index in [1.165, 1.54) is 12.8 Å². The molecule has 0 spiro atoms. The summed E-state index contributed by atoms with van der Waals surface area (Å²) in [6.45, 7) is 0. The van der Waals surface area contributed by atoms with Crippen LogP contribution >= 0.6 is 31.9 Å². The van der Waals surface area contributed by atoms with Crippen molar-refractivity contribution >= 4 is 31.9 Å². The average molecular weight is 320 g/mol. The normalized spacial score (nSPS) is 18.2. The molecular weight excluding hydrogens is 308 g/mol. The van der Waals surface area contributed by atoms with Crippen LogP contribution < -0.4 is 5.73 Å². The second-order valence-electron chi connectivity index (χ2n) is 3.83. The molecule has 1 heterocycles. The third kappa shape index (κ3) is 2.55. The molecule has 1 aromatic heterocycles. The maximum Gasteiger partial charge on any atom is 0.120 e. The first-order chi connectivity index (χ1) is 6.66. The van der Waals surface area contributed by atoms with Gasteiger partial charge >= 0.3 is 0 Å². The van der Waals surface area contributed by atoms with Crippen LogP contribution in [0.25, 0.3) is 0 Å². The fraction of sp³-hybridized carbons (Fsp3) is 0.500. The molecule has 1 fully saturated rings. The molecule has 1 atom stereocenters. The van der Waals surface area contributed by atoms with Crippen LogP contribution in [0.3, 0.4) is 0 Å². The van der Waals surface area contributed by atoms with Crippen molar-refractivity contribution in [3.63, 3.8) is 0 Å². The molecule has 1 aliphatic carbocycles. The summed E-state index contributed by atoms with van der Waals surface area (Å²) >= 11 is 6.77. The van der Waals surface area contributed by atoms with Gasteiger partial charge in [-0.05, 0) is 55.8 Å². The minimum atomic E-state index is 0.138. The van der Waals surface area contributed by atoms with E-state index in [0.29, 0.717) is 0 Å². The summed E-state index contributed by atoms with van der Waals surface area (Å²) in [7, 11) is 0. The fourth-order valence-electron chi connectivity index (χ4n) is 1.49. The molecule has 1 saturated carbocycles. The number of pyridine rings is 1. The summed E-state index contributed by atoms with van der Waals surface area (Å²) in [5, 5.41) is 0. The van der Waals surface area contributed by atoms with Crippen LogP contribution in [0.2, 0.25) is 0 Å². The number of aromatic nitrogens is 1. The Hall–Kier alpha value is 0.0700. The predicted molar refractivity (Wildman–Crippen MR) is 63.9 cm³/mol. The van der Waals surface area contributed by atoms with E-state index < -0.39 is 0 Å². The number of halogens is 2. The Balaban J connectivity index is 2.10. The number of nitrogens with two attached hydrogens (primary N) is 1. The first-order valence-electron chi connectivity index (χ1n) is 4.73. The van der Waals surface area contributed by atoms with Crippen molar-refractivity contribution in [3.05, 3.63) is 26.9 Å². The van der Waals surface area contributed by atoms with Gasteiger partial charge in [0.2, 0.25) is 0 Å². The Labute approximate surface area is 101 Å². The van der Waals surface area contributed by atoms with Crippen LogP contribution in [0.1, 0.15) is 30.9 Å². The van der Waals surface area contributed by atoms with E-state index in [1.54, 1.807) is 0 Å². The third-order valence-corrected chi connectivity index (χ3v) is 4.30. The van der Waals surface area contributed by atoms with Crippen molar-refractivity contribution in [1.82, 2.24) is 4.98 Å². The van der Waals surface area contributed by atoms with Gasteiger partial charge < -0.3 is 5.73 Å². The Kier molecular flexibility index (Phi) is 3.24. The van der Waals surface area contributed by atoms with E-state index in [4.69, 9.17) is 5.73 Å². The van der Waals surface area contributed by atoms with Gasteiger partial charge in [-0.25, -0.2) is 4.98 Å². The zero-order valence-corrected chi connectivity index (χ0v) is 10.9.